The third-order valence-corrected chi connectivity index (χ3v) is 1.78. The number of hydrogen-bond acceptors (Lipinski definition) is 2. The molecule has 0 fully saturated rings. The van der Waals surface area contributed by atoms with E-state index in [0.29, 0.717) is 0 Å². The first-order valence-corrected chi connectivity index (χ1v) is 3.84. The summed E-state index contributed by atoms with van der Waals surface area (Å²) in [6, 6.07) is 2.95. The molecule has 14 heavy (non-hydrogen) atoms. The summed E-state index contributed by atoms with van der Waals surface area (Å²) in [5.74, 6) is 0. The highest BCUT2D eigenvalue weighted by atomic mass is 19.4. The molecule has 0 radical (unpaired) electrons. The topological polar surface area (TPSA) is 49.9 Å². The largest absolute Gasteiger partial charge is 0.416 e. The van der Waals surface area contributed by atoms with Gasteiger partial charge in [-0.15, -0.1) is 0 Å². The van der Waals surface area contributed by atoms with E-state index in [9.17, 15) is 13.2 Å². The van der Waals surface area contributed by atoms with E-state index in [2.05, 4.69) is 0 Å². The molecule has 2 nitrogen and oxygen atoms in total. The molecule has 0 amide bonds. The molecule has 1 rings (SSSR count). The lowest BCUT2D eigenvalue weighted by Gasteiger charge is -2.10. The Balaban J connectivity index is 3.27. The molecule has 0 unspecified atom stereocenters. The fraction of sp³-hybridized carbons (Fsp3) is 0.222. The van der Waals surface area contributed by atoms with Gasteiger partial charge in [0.1, 0.15) is 0 Å². The summed E-state index contributed by atoms with van der Waals surface area (Å²) in [4.78, 5) is 0. The Hall–Kier alpha value is -1.52. The van der Waals surface area contributed by atoms with Crippen molar-refractivity contribution >= 4 is 11.4 Å². The number of halogens is 3. The molecule has 76 valence electrons. The third kappa shape index (κ3) is 2.04. The van der Waals surface area contributed by atoms with Gasteiger partial charge in [0.2, 0.25) is 0 Å². The lowest BCUT2D eigenvalue weighted by atomic mass is 10.1. The van der Waals surface area contributed by atoms with E-state index >= 15 is 0 Å². The number of anilines is 1. The van der Waals surface area contributed by atoms with Crippen molar-refractivity contribution in [2.75, 3.05) is 5.73 Å². The molecule has 0 aliphatic rings. The maximum atomic E-state index is 12.3. The molecule has 0 saturated carbocycles. The highest BCUT2D eigenvalue weighted by Gasteiger charge is 2.30. The Kier molecular flexibility index (Phi) is 2.51. The Morgan fingerprint density at radius 2 is 1.93 bits per heavy atom. The van der Waals surface area contributed by atoms with Crippen LogP contribution in [0.1, 0.15) is 18.1 Å². The molecule has 1 aromatic carbocycles. The molecule has 1 aromatic rings. The van der Waals surface area contributed by atoms with Crippen molar-refractivity contribution in [3.8, 4) is 0 Å². The van der Waals surface area contributed by atoms with Gasteiger partial charge in [-0.3, -0.25) is 0 Å². The number of nitrogen functional groups attached to an aromatic ring is 1. The van der Waals surface area contributed by atoms with E-state index in [-0.39, 0.29) is 17.0 Å². The molecule has 0 spiro atoms. The number of nitrogens with two attached hydrogens (primary N) is 1. The van der Waals surface area contributed by atoms with Crippen LogP contribution in [-0.2, 0) is 6.18 Å². The molecule has 0 heterocycles. The van der Waals surface area contributed by atoms with Crippen LogP contribution in [0.4, 0.5) is 18.9 Å². The number of nitrogens with one attached hydrogen (secondary N) is 1. The first kappa shape index (κ1) is 10.6. The van der Waals surface area contributed by atoms with Crippen molar-refractivity contribution in [3.05, 3.63) is 29.3 Å². The fourth-order valence-corrected chi connectivity index (χ4v) is 1.06. The number of hydrogen-bond donors (Lipinski definition) is 2. The van der Waals surface area contributed by atoms with Gasteiger partial charge in [0.05, 0.1) is 5.56 Å². The van der Waals surface area contributed by atoms with Crippen molar-refractivity contribution in [3.63, 3.8) is 0 Å². The van der Waals surface area contributed by atoms with Crippen LogP contribution in [0.3, 0.4) is 0 Å². The van der Waals surface area contributed by atoms with Crippen LogP contribution in [0, 0.1) is 5.41 Å². The normalized spacial score (nSPS) is 11.4. The molecule has 0 aliphatic carbocycles. The predicted molar refractivity (Wildman–Crippen MR) is 48.4 cm³/mol. The van der Waals surface area contributed by atoms with Crippen molar-refractivity contribution in [2.24, 2.45) is 0 Å². The summed E-state index contributed by atoms with van der Waals surface area (Å²) in [5, 5.41) is 7.23. The molecular formula is C9H9F3N2. The van der Waals surface area contributed by atoms with Gasteiger partial charge < -0.3 is 11.1 Å². The van der Waals surface area contributed by atoms with Crippen molar-refractivity contribution in [2.45, 2.75) is 13.1 Å². The van der Waals surface area contributed by atoms with E-state index in [1.54, 1.807) is 0 Å². The first-order valence-electron chi connectivity index (χ1n) is 3.84. The first-order chi connectivity index (χ1) is 6.32. The van der Waals surface area contributed by atoms with E-state index in [0.717, 1.165) is 18.2 Å². The standard InChI is InChI=1S/C9H9F3N2/c1-5(13)7-4-6(9(10,11)12)2-3-8(7)14/h2-4,13H,14H2,1H3. The smallest absolute Gasteiger partial charge is 0.398 e. The quantitative estimate of drug-likeness (QED) is 0.533. The van der Waals surface area contributed by atoms with Gasteiger partial charge in [-0.05, 0) is 25.1 Å². The monoisotopic (exact) mass is 202 g/mol. The molecule has 0 atom stereocenters. The zero-order valence-corrected chi connectivity index (χ0v) is 7.44. The van der Waals surface area contributed by atoms with Gasteiger partial charge in [0.25, 0.3) is 0 Å². The van der Waals surface area contributed by atoms with Gasteiger partial charge in [0.15, 0.2) is 0 Å². The fourth-order valence-electron chi connectivity index (χ4n) is 1.06. The number of alkyl halides is 3. The number of benzene rings is 1. The van der Waals surface area contributed by atoms with Crippen LogP contribution in [0.5, 0.6) is 0 Å². The maximum absolute atomic E-state index is 12.3. The van der Waals surface area contributed by atoms with Gasteiger partial charge in [-0.1, -0.05) is 0 Å². The summed E-state index contributed by atoms with van der Waals surface area (Å²) >= 11 is 0. The summed E-state index contributed by atoms with van der Waals surface area (Å²) < 4.78 is 36.8. The Morgan fingerprint density at radius 3 is 2.36 bits per heavy atom. The highest BCUT2D eigenvalue weighted by molar-refractivity contribution is 6.01. The average Bonchev–Trinajstić information content (AvgIpc) is 2.02. The van der Waals surface area contributed by atoms with Gasteiger partial charge in [0, 0.05) is 17.0 Å². The summed E-state index contributed by atoms with van der Waals surface area (Å²) in [6.45, 7) is 1.39. The van der Waals surface area contributed by atoms with Crippen LogP contribution in [0.25, 0.3) is 0 Å². The zero-order valence-electron chi connectivity index (χ0n) is 7.44. The van der Waals surface area contributed by atoms with Crippen LogP contribution in [0.2, 0.25) is 0 Å². The van der Waals surface area contributed by atoms with Gasteiger partial charge in [-0.25, -0.2) is 0 Å². The van der Waals surface area contributed by atoms with Crippen LogP contribution < -0.4 is 5.73 Å². The second-order valence-corrected chi connectivity index (χ2v) is 2.92. The minimum absolute atomic E-state index is 0.0219. The molecule has 3 N–H and O–H groups in total. The Bertz CT molecular complexity index is 369. The minimum atomic E-state index is -4.39. The second kappa shape index (κ2) is 3.32. The molecule has 0 aliphatic heterocycles. The predicted octanol–water partition coefficient (Wildman–Crippen LogP) is 2.68. The van der Waals surface area contributed by atoms with Gasteiger partial charge in [-0.2, -0.15) is 13.2 Å². The van der Waals surface area contributed by atoms with Crippen LogP contribution in [-0.4, -0.2) is 5.71 Å². The van der Waals surface area contributed by atoms with Crippen molar-refractivity contribution in [1.82, 2.24) is 0 Å². The summed E-state index contributed by atoms with van der Waals surface area (Å²) in [5.41, 5.74) is 4.97. The minimum Gasteiger partial charge on any atom is -0.398 e. The van der Waals surface area contributed by atoms with Gasteiger partial charge >= 0.3 is 6.18 Å². The molecule has 5 heteroatoms. The summed E-state index contributed by atoms with van der Waals surface area (Å²) in [7, 11) is 0. The van der Waals surface area contributed by atoms with Crippen molar-refractivity contribution < 1.29 is 13.2 Å². The number of rotatable bonds is 1. The molecule has 0 saturated heterocycles. The van der Waals surface area contributed by atoms with E-state index in [1.165, 1.54) is 6.92 Å². The van der Waals surface area contributed by atoms with E-state index in [4.69, 9.17) is 11.1 Å². The van der Waals surface area contributed by atoms with E-state index in [1.807, 2.05) is 0 Å². The molecule has 0 aromatic heterocycles. The Labute approximate surface area is 79.0 Å². The lowest BCUT2D eigenvalue weighted by molar-refractivity contribution is -0.137. The maximum Gasteiger partial charge on any atom is 0.416 e. The average molecular weight is 202 g/mol. The second-order valence-electron chi connectivity index (χ2n) is 2.92. The van der Waals surface area contributed by atoms with Crippen molar-refractivity contribution in [1.29, 1.82) is 5.41 Å². The zero-order chi connectivity index (χ0) is 10.9. The molecular weight excluding hydrogens is 193 g/mol. The lowest BCUT2D eigenvalue weighted by Crippen LogP contribution is -2.08. The Morgan fingerprint density at radius 1 is 1.36 bits per heavy atom. The van der Waals surface area contributed by atoms with E-state index < -0.39 is 11.7 Å². The SMILES string of the molecule is CC(=N)c1cc(C(F)(F)F)ccc1N. The summed E-state index contributed by atoms with van der Waals surface area (Å²) in [6.07, 6.45) is -4.39. The van der Waals surface area contributed by atoms with Crippen LogP contribution >= 0.6 is 0 Å². The third-order valence-electron chi connectivity index (χ3n) is 1.78. The molecule has 0 bridgehead atoms. The highest BCUT2D eigenvalue weighted by Crippen LogP contribution is 2.31. The van der Waals surface area contributed by atoms with Crippen LogP contribution in [0.15, 0.2) is 18.2 Å².